The minimum Gasteiger partial charge on any atom is -0.195 e. The van der Waals surface area contributed by atoms with Crippen molar-refractivity contribution < 1.29 is 0 Å². The molecule has 0 saturated carbocycles. The van der Waals surface area contributed by atoms with E-state index in [-0.39, 0.29) is 0 Å². The van der Waals surface area contributed by atoms with E-state index in [1.807, 2.05) is 42.5 Å². The number of rotatable bonds is 2. The maximum absolute atomic E-state index is 4.62. The third-order valence-corrected chi connectivity index (χ3v) is 4.36. The van der Waals surface area contributed by atoms with Crippen LogP contribution in [0.5, 0.6) is 0 Å². The molecule has 0 N–H and O–H groups in total. The smallest absolute Gasteiger partial charge is 0.0740 e. The molecule has 3 aromatic carbocycles. The van der Waals surface area contributed by atoms with Crippen LogP contribution in [0.2, 0.25) is 0 Å². The molecule has 0 radical (unpaired) electrons. The summed E-state index contributed by atoms with van der Waals surface area (Å²) < 4.78 is 0. The summed E-state index contributed by atoms with van der Waals surface area (Å²) in [5.74, 6) is 13.0. The fraction of sp³-hybridized carbons (Fsp3) is 0.115. The topological polar surface area (TPSA) is 12.4 Å². The fourth-order valence-electron chi connectivity index (χ4n) is 2.68. The minimum atomic E-state index is 0.784. The Kier molecular flexibility index (Phi) is 6.56. The molecule has 3 aromatic rings. The second-order valence-corrected chi connectivity index (χ2v) is 6.52. The number of benzene rings is 3. The number of aliphatic imine (C=N–C) groups is 1. The van der Waals surface area contributed by atoms with Crippen molar-refractivity contribution in [3.8, 4) is 23.7 Å². The van der Waals surface area contributed by atoms with Gasteiger partial charge in [-0.3, -0.25) is 0 Å². The van der Waals surface area contributed by atoms with Gasteiger partial charge in [0.2, 0.25) is 0 Å². The summed E-state index contributed by atoms with van der Waals surface area (Å²) >= 11 is 4.62. The molecule has 2 heteroatoms. The molecular formula is C26H19NS. The third-order valence-electron chi connectivity index (χ3n) is 4.27. The third kappa shape index (κ3) is 5.29. The van der Waals surface area contributed by atoms with Gasteiger partial charge in [0.1, 0.15) is 0 Å². The highest BCUT2D eigenvalue weighted by Gasteiger charge is 1.99. The SMILES string of the molecule is CCc1cc(C#Cc2ccc(C)cc2)ccc1C#Cc1ccc(N=C=S)cc1. The van der Waals surface area contributed by atoms with E-state index in [4.69, 9.17) is 0 Å². The predicted octanol–water partition coefficient (Wildman–Crippen LogP) is 6.09. The number of isothiocyanates is 1. The van der Waals surface area contributed by atoms with E-state index in [2.05, 4.69) is 84.2 Å². The van der Waals surface area contributed by atoms with E-state index in [0.717, 1.165) is 34.4 Å². The number of hydrogen-bond donors (Lipinski definition) is 0. The monoisotopic (exact) mass is 377 g/mol. The molecule has 1 nitrogen and oxygen atoms in total. The zero-order valence-electron chi connectivity index (χ0n) is 15.9. The molecule has 0 aliphatic rings. The van der Waals surface area contributed by atoms with Gasteiger partial charge in [0.25, 0.3) is 0 Å². The van der Waals surface area contributed by atoms with E-state index in [1.54, 1.807) is 0 Å². The molecule has 0 aromatic heterocycles. The summed E-state index contributed by atoms with van der Waals surface area (Å²) in [6.07, 6.45) is 0.909. The van der Waals surface area contributed by atoms with E-state index >= 15 is 0 Å². The first kappa shape index (κ1) is 19.3. The van der Waals surface area contributed by atoms with Crippen LogP contribution in [-0.4, -0.2) is 5.16 Å². The molecule has 3 rings (SSSR count). The van der Waals surface area contributed by atoms with Gasteiger partial charge >= 0.3 is 0 Å². The van der Waals surface area contributed by atoms with Crippen LogP contribution in [0.1, 0.15) is 40.3 Å². The largest absolute Gasteiger partial charge is 0.195 e. The Labute approximate surface area is 172 Å². The quantitative estimate of drug-likeness (QED) is 0.299. The van der Waals surface area contributed by atoms with Gasteiger partial charge in [0.15, 0.2) is 0 Å². The Hall–Kier alpha value is -3.42. The van der Waals surface area contributed by atoms with E-state index in [9.17, 15) is 0 Å². The van der Waals surface area contributed by atoms with Crippen LogP contribution in [0, 0.1) is 30.6 Å². The standard InChI is InChI=1S/C26H19NS/c1-3-24-18-23(9-8-21-6-4-20(2)5-7-21)11-15-25(24)14-10-22-12-16-26(17-13-22)27-19-28/h4-7,11-13,15-18H,3H2,1-2H3. The van der Waals surface area contributed by atoms with Crippen LogP contribution >= 0.6 is 12.2 Å². The fourth-order valence-corrected chi connectivity index (χ4v) is 2.78. The van der Waals surface area contributed by atoms with Crippen LogP contribution in [0.25, 0.3) is 0 Å². The average Bonchev–Trinajstić information content (AvgIpc) is 2.73. The maximum atomic E-state index is 4.62. The summed E-state index contributed by atoms with van der Waals surface area (Å²) in [5, 5.41) is 2.37. The summed E-state index contributed by atoms with van der Waals surface area (Å²) in [6, 6.07) is 22.1. The highest BCUT2D eigenvalue weighted by Crippen LogP contribution is 2.14. The Balaban J connectivity index is 1.82. The van der Waals surface area contributed by atoms with Gasteiger partial charge < -0.3 is 0 Å². The van der Waals surface area contributed by atoms with Crippen molar-refractivity contribution in [2.24, 2.45) is 4.99 Å². The van der Waals surface area contributed by atoms with Crippen molar-refractivity contribution in [1.29, 1.82) is 0 Å². The highest BCUT2D eigenvalue weighted by atomic mass is 32.1. The number of hydrogen-bond acceptors (Lipinski definition) is 2. The predicted molar refractivity (Wildman–Crippen MR) is 120 cm³/mol. The molecule has 0 atom stereocenters. The van der Waals surface area contributed by atoms with Crippen LogP contribution < -0.4 is 0 Å². The van der Waals surface area contributed by atoms with Gasteiger partial charge in [-0.15, -0.1) is 0 Å². The normalized spacial score (nSPS) is 9.36. The Morgan fingerprint density at radius 3 is 1.96 bits per heavy atom. The molecule has 28 heavy (non-hydrogen) atoms. The first-order valence-electron chi connectivity index (χ1n) is 9.09. The zero-order valence-corrected chi connectivity index (χ0v) is 16.7. The zero-order chi connectivity index (χ0) is 19.8. The molecular weight excluding hydrogens is 358 g/mol. The molecule has 134 valence electrons. The lowest BCUT2D eigenvalue weighted by molar-refractivity contribution is 1.13. The van der Waals surface area contributed by atoms with Gasteiger partial charge in [-0.25, -0.2) is 0 Å². The summed E-state index contributed by atoms with van der Waals surface area (Å²) in [7, 11) is 0. The van der Waals surface area contributed by atoms with Crippen molar-refractivity contribution in [2.75, 3.05) is 0 Å². The minimum absolute atomic E-state index is 0.784. The van der Waals surface area contributed by atoms with E-state index in [1.165, 1.54) is 11.1 Å². The second-order valence-electron chi connectivity index (χ2n) is 6.34. The van der Waals surface area contributed by atoms with E-state index < -0.39 is 0 Å². The maximum Gasteiger partial charge on any atom is 0.0740 e. The molecule has 0 saturated heterocycles. The molecule has 0 fully saturated rings. The molecule has 0 aliphatic heterocycles. The first-order chi connectivity index (χ1) is 13.7. The Morgan fingerprint density at radius 1 is 0.750 bits per heavy atom. The van der Waals surface area contributed by atoms with Crippen LogP contribution in [-0.2, 0) is 6.42 Å². The Morgan fingerprint density at radius 2 is 1.32 bits per heavy atom. The van der Waals surface area contributed by atoms with Gasteiger partial charge in [-0.2, -0.15) is 4.99 Å². The second kappa shape index (κ2) is 9.50. The highest BCUT2D eigenvalue weighted by molar-refractivity contribution is 7.78. The van der Waals surface area contributed by atoms with Crippen molar-refractivity contribution in [1.82, 2.24) is 0 Å². The molecule has 0 aliphatic carbocycles. The van der Waals surface area contributed by atoms with Gasteiger partial charge in [0.05, 0.1) is 10.8 Å². The molecule has 0 amide bonds. The summed E-state index contributed by atoms with van der Waals surface area (Å²) in [5.41, 5.74) is 7.22. The molecule has 0 bridgehead atoms. The van der Waals surface area contributed by atoms with Crippen molar-refractivity contribution >= 4 is 23.1 Å². The van der Waals surface area contributed by atoms with Crippen LogP contribution in [0.3, 0.4) is 0 Å². The van der Waals surface area contributed by atoms with Crippen LogP contribution in [0.15, 0.2) is 71.7 Å². The summed E-state index contributed by atoms with van der Waals surface area (Å²) in [4.78, 5) is 3.95. The van der Waals surface area contributed by atoms with E-state index in [0.29, 0.717) is 0 Å². The average molecular weight is 378 g/mol. The molecule has 0 heterocycles. The lowest BCUT2D eigenvalue weighted by atomic mass is 10.0. The Bertz CT molecular complexity index is 1140. The molecule has 0 unspecified atom stereocenters. The number of nitrogens with zero attached hydrogens (tertiary/aromatic N) is 1. The lowest BCUT2D eigenvalue weighted by Gasteiger charge is -2.02. The number of thiocarbonyl (C=S) groups is 1. The summed E-state index contributed by atoms with van der Waals surface area (Å²) in [6.45, 7) is 4.21. The van der Waals surface area contributed by atoms with Gasteiger partial charge in [0, 0.05) is 22.3 Å². The molecule has 0 spiro atoms. The van der Waals surface area contributed by atoms with Gasteiger partial charge in [-0.1, -0.05) is 48.3 Å². The van der Waals surface area contributed by atoms with Crippen LogP contribution in [0.4, 0.5) is 5.69 Å². The first-order valence-corrected chi connectivity index (χ1v) is 9.50. The lowest BCUT2D eigenvalue weighted by Crippen LogP contribution is -1.89. The van der Waals surface area contributed by atoms with Crippen molar-refractivity contribution in [3.05, 3.63) is 100 Å². The number of aryl methyl sites for hydroxylation is 2. The van der Waals surface area contributed by atoms with Crippen molar-refractivity contribution in [3.63, 3.8) is 0 Å². The van der Waals surface area contributed by atoms with Crippen molar-refractivity contribution in [2.45, 2.75) is 20.3 Å². The van der Waals surface area contributed by atoms with Gasteiger partial charge in [-0.05, 0) is 85.7 Å².